The van der Waals surface area contributed by atoms with Gasteiger partial charge < -0.3 is 13.9 Å². The summed E-state index contributed by atoms with van der Waals surface area (Å²) < 4.78 is 16.5. The lowest BCUT2D eigenvalue weighted by molar-refractivity contribution is 0.0592. The maximum absolute atomic E-state index is 11.7. The Morgan fingerprint density at radius 2 is 2.25 bits per heavy atom. The van der Waals surface area contributed by atoms with Crippen molar-refractivity contribution in [3.8, 4) is 0 Å². The molecule has 0 aliphatic heterocycles. The number of methoxy groups -OCH3 is 2. The number of esters is 1. The minimum atomic E-state index is -0.515. The molecule has 2 heterocycles. The predicted octanol–water partition coefficient (Wildman–Crippen LogP) is 0.598. The van der Waals surface area contributed by atoms with E-state index in [0.29, 0.717) is 31.0 Å². The third-order valence-electron chi connectivity index (χ3n) is 2.90. The van der Waals surface area contributed by atoms with E-state index in [1.54, 1.807) is 11.8 Å². The molecule has 108 valence electrons. The van der Waals surface area contributed by atoms with Crippen LogP contribution >= 0.6 is 0 Å². The van der Waals surface area contributed by atoms with Crippen molar-refractivity contribution in [2.75, 3.05) is 20.8 Å². The summed E-state index contributed by atoms with van der Waals surface area (Å²) in [6, 6.07) is 0. The van der Waals surface area contributed by atoms with E-state index < -0.39 is 5.97 Å². The molecule has 0 radical (unpaired) electrons. The zero-order chi connectivity index (χ0) is 14.5. The Bertz CT molecular complexity index is 590. The number of hydrogen-bond acceptors (Lipinski definition) is 7. The molecule has 0 amide bonds. The highest BCUT2D eigenvalue weighted by Crippen LogP contribution is 2.12. The smallest absolute Gasteiger partial charge is 0.360 e. The summed E-state index contributed by atoms with van der Waals surface area (Å²) in [5.41, 5.74) is 1.59. The van der Waals surface area contributed by atoms with Crippen molar-refractivity contribution in [2.45, 2.75) is 19.9 Å². The van der Waals surface area contributed by atoms with Crippen LogP contribution in [0, 0.1) is 6.92 Å². The highest BCUT2D eigenvalue weighted by atomic mass is 16.5. The fraction of sp³-hybridized carbons (Fsp3) is 0.500. The van der Waals surface area contributed by atoms with Gasteiger partial charge in [0.25, 0.3) is 0 Å². The molecule has 8 heteroatoms. The summed E-state index contributed by atoms with van der Waals surface area (Å²) in [7, 11) is 2.90. The second kappa shape index (κ2) is 6.29. The second-order valence-electron chi connectivity index (χ2n) is 4.13. The number of carbonyl (C=O) groups excluding carboxylic acids is 1. The van der Waals surface area contributed by atoms with Crippen molar-refractivity contribution in [2.24, 2.45) is 0 Å². The number of hydrogen-bond donors (Lipinski definition) is 0. The maximum Gasteiger partial charge on any atom is 0.360 e. The van der Waals surface area contributed by atoms with E-state index in [0.717, 1.165) is 5.69 Å². The van der Waals surface area contributed by atoms with Gasteiger partial charge in [0.1, 0.15) is 11.5 Å². The number of ether oxygens (including phenoxy) is 2. The van der Waals surface area contributed by atoms with Crippen molar-refractivity contribution >= 4 is 5.97 Å². The molecule has 0 aromatic carbocycles. The van der Waals surface area contributed by atoms with Crippen molar-refractivity contribution in [1.82, 2.24) is 20.0 Å². The monoisotopic (exact) mass is 280 g/mol. The predicted molar refractivity (Wildman–Crippen MR) is 67.3 cm³/mol. The highest BCUT2D eigenvalue weighted by molar-refractivity contribution is 5.88. The molecule has 0 spiro atoms. The lowest BCUT2D eigenvalue weighted by atomic mass is 10.2. The molecule has 0 fully saturated rings. The second-order valence-corrected chi connectivity index (χ2v) is 4.13. The first-order chi connectivity index (χ1) is 9.67. The van der Waals surface area contributed by atoms with E-state index in [-0.39, 0.29) is 5.69 Å². The van der Waals surface area contributed by atoms with Crippen LogP contribution < -0.4 is 0 Å². The quantitative estimate of drug-likeness (QED) is 0.715. The molecule has 0 saturated heterocycles. The average Bonchev–Trinajstić information content (AvgIpc) is 3.03. The van der Waals surface area contributed by atoms with Crippen LogP contribution in [0.2, 0.25) is 0 Å². The van der Waals surface area contributed by atoms with Crippen molar-refractivity contribution < 1.29 is 18.7 Å². The Hall–Kier alpha value is -2.22. The van der Waals surface area contributed by atoms with Crippen LogP contribution in [0.4, 0.5) is 0 Å². The zero-order valence-corrected chi connectivity index (χ0v) is 11.6. The van der Waals surface area contributed by atoms with E-state index in [9.17, 15) is 4.79 Å². The highest BCUT2D eigenvalue weighted by Gasteiger charge is 2.21. The normalized spacial score (nSPS) is 10.8. The topological polar surface area (TPSA) is 92.3 Å². The van der Waals surface area contributed by atoms with Gasteiger partial charge in [-0.15, -0.1) is 5.10 Å². The van der Waals surface area contributed by atoms with Gasteiger partial charge in [0.05, 0.1) is 26.0 Å². The molecule has 0 unspecified atom stereocenters. The third-order valence-corrected chi connectivity index (χ3v) is 2.90. The molecule has 0 aliphatic carbocycles. The lowest BCUT2D eigenvalue weighted by Crippen LogP contribution is -2.13. The summed E-state index contributed by atoms with van der Waals surface area (Å²) in [6.07, 6.45) is 1.88. The molecular weight excluding hydrogens is 264 g/mol. The van der Waals surface area contributed by atoms with Gasteiger partial charge >= 0.3 is 5.97 Å². The Kier molecular flexibility index (Phi) is 4.46. The van der Waals surface area contributed by atoms with Gasteiger partial charge in [0, 0.05) is 13.5 Å². The van der Waals surface area contributed by atoms with Crippen molar-refractivity contribution in [3.05, 3.63) is 29.2 Å². The van der Waals surface area contributed by atoms with Crippen LogP contribution in [-0.2, 0) is 22.4 Å². The molecule has 2 aromatic heterocycles. The van der Waals surface area contributed by atoms with Crippen molar-refractivity contribution in [3.63, 3.8) is 0 Å². The number of nitrogens with zero attached hydrogens (tertiary/aromatic N) is 4. The summed E-state index contributed by atoms with van der Waals surface area (Å²) in [5.74, 6) is 0.192. The number of aromatic nitrogens is 4. The van der Waals surface area contributed by atoms with Gasteiger partial charge in [0.15, 0.2) is 12.1 Å². The van der Waals surface area contributed by atoms with Gasteiger partial charge in [-0.05, 0) is 6.92 Å². The Morgan fingerprint density at radius 3 is 2.85 bits per heavy atom. The minimum absolute atomic E-state index is 0.200. The summed E-state index contributed by atoms with van der Waals surface area (Å²) in [4.78, 5) is 15.8. The molecular formula is C12H16N4O4. The molecule has 2 aromatic rings. The van der Waals surface area contributed by atoms with E-state index in [1.807, 2.05) is 6.92 Å². The number of oxazole rings is 1. The van der Waals surface area contributed by atoms with Gasteiger partial charge in [-0.25, -0.2) is 14.5 Å². The maximum atomic E-state index is 11.7. The van der Waals surface area contributed by atoms with Crippen LogP contribution in [0.1, 0.15) is 27.6 Å². The van der Waals surface area contributed by atoms with Crippen LogP contribution in [0.15, 0.2) is 10.8 Å². The Labute approximate surface area is 115 Å². The summed E-state index contributed by atoms with van der Waals surface area (Å²) in [5, 5.41) is 7.86. The van der Waals surface area contributed by atoms with E-state index in [2.05, 4.69) is 15.3 Å². The largest absolute Gasteiger partial charge is 0.464 e. The first-order valence-electron chi connectivity index (χ1n) is 6.06. The molecule has 8 nitrogen and oxygen atoms in total. The fourth-order valence-corrected chi connectivity index (χ4v) is 1.78. The summed E-state index contributed by atoms with van der Waals surface area (Å²) >= 11 is 0. The van der Waals surface area contributed by atoms with Gasteiger partial charge in [0.2, 0.25) is 0 Å². The zero-order valence-electron chi connectivity index (χ0n) is 11.6. The molecule has 20 heavy (non-hydrogen) atoms. The minimum Gasteiger partial charge on any atom is -0.464 e. The molecule has 0 bridgehead atoms. The van der Waals surface area contributed by atoms with Crippen molar-refractivity contribution in [1.29, 1.82) is 0 Å². The average molecular weight is 280 g/mol. The van der Waals surface area contributed by atoms with E-state index in [1.165, 1.54) is 13.5 Å². The van der Waals surface area contributed by atoms with Crippen LogP contribution in [0.5, 0.6) is 0 Å². The molecule has 0 saturated carbocycles. The number of aryl methyl sites for hydroxylation is 1. The first kappa shape index (κ1) is 14.2. The molecule has 2 rings (SSSR count). The first-order valence-corrected chi connectivity index (χ1v) is 6.06. The van der Waals surface area contributed by atoms with Crippen LogP contribution in [-0.4, -0.2) is 46.8 Å². The lowest BCUT2D eigenvalue weighted by Gasteiger charge is -2.06. The summed E-state index contributed by atoms with van der Waals surface area (Å²) in [6.45, 7) is 2.65. The SMILES string of the molecule is COCCc1c(C(=O)OC)nnn1Cc1ncoc1C. The molecule has 0 aliphatic rings. The molecule has 0 atom stereocenters. The third kappa shape index (κ3) is 2.85. The fourth-order valence-electron chi connectivity index (χ4n) is 1.78. The van der Waals surface area contributed by atoms with E-state index >= 15 is 0 Å². The Morgan fingerprint density at radius 1 is 1.45 bits per heavy atom. The van der Waals surface area contributed by atoms with Gasteiger partial charge in [-0.3, -0.25) is 0 Å². The standard InChI is InChI=1S/C12H16N4O4/c1-8-9(13-7-20-8)6-16-10(4-5-18-2)11(14-15-16)12(17)19-3/h7H,4-6H2,1-3H3. The van der Waals surface area contributed by atoms with E-state index in [4.69, 9.17) is 13.9 Å². The Balaban J connectivity index is 2.29. The molecule has 0 N–H and O–H groups in total. The van der Waals surface area contributed by atoms with Gasteiger partial charge in [-0.2, -0.15) is 0 Å². The number of rotatable bonds is 6. The van der Waals surface area contributed by atoms with Gasteiger partial charge in [-0.1, -0.05) is 5.21 Å². The van der Waals surface area contributed by atoms with Crippen LogP contribution in [0.3, 0.4) is 0 Å². The van der Waals surface area contributed by atoms with Crippen LogP contribution in [0.25, 0.3) is 0 Å². The number of carbonyl (C=O) groups is 1.